The minimum atomic E-state index is -0.869. The molecule has 0 aliphatic carbocycles. The van der Waals surface area contributed by atoms with E-state index in [0.29, 0.717) is 16.9 Å². The zero-order valence-electron chi connectivity index (χ0n) is 11.8. The fraction of sp³-hybridized carbons (Fsp3) is 0.188. The summed E-state index contributed by atoms with van der Waals surface area (Å²) in [6.45, 7) is 1.54. The summed E-state index contributed by atoms with van der Waals surface area (Å²) in [7, 11) is 1.55. The number of nitrogens with zero attached hydrogens (tertiary/aromatic N) is 1. The largest absolute Gasteiger partial charge is 0.497 e. The molecule has 0 fully saturated rings. The van der Waals surface area contributed by atoms with Crippen LogP contribution in [0.5, 0.6) is 5.75 Å². The zero-order valence-corrected chi connectivity index (χ0v) is 11.8. The van der Waals surface area contributed by atoms with Crippen LogP contribution in [0.3, 0.4) is 0 Å². The van der Waals surface area contributed by atoms with Crippen molar-refractivity contribution in [2.75, 3.05) is 7.11 Å². The van der Waals surface area contributed by atoms with Gasteiger partial charge in [0.15, 0.2) is 6.10 Å². The van der Waals surface area contributed by atoms with E-state index >= 15 is 0 Å². The van der Waals surface area contributed by atoms with Crippen LogP contribution in [0.25, 0.3) is 0 Å². The number of ketones is 1. The predicted octanol–water partition coefficient (Wildman–Crippen LogP) is 2.52. The monoisotopic (exact) mass is 285 g/mol. The highest BCUT2D eigenvalue weighted by Gasteiger charge is 2.20. The quantitative estimate of drug-likeness (QED) is 0.624. The van der Waals surface area contributed by atoms with Crippen LogP contribution < -0.4 is 4.74 Å². The Hall–Kier alpha value is -2.69. The van der Waals surface area contributed by atoms with Gasteiger partial charge in [-0.05, 0) is 43.3 Å². The molecule has 0 saturated carbocycles. The number of methoxy groups -OCH3 is 1. The van der Waals surface area contributed by atoms with E-state index in [-0.39, 0.29) is 5.78 Å². The van der Waals surface area contributed by atoms with Crippen molar-refractivity contribution in [3.63, 3.8) is 0 Å². The highest BCUT2D eigenvalue weighted by Crippen LogP contribution is 2.14. The first-order valence-electron chi connectivity index (χ1n) is 6.41. The lowest BCUT2D eigenvalue weighted by Gasteiger charge is -2.12. The van der Waals surface area contributed by atoms with E-state index in [0.717, 1.165) is 0 Å². The van der Waals surface area contributed by atoms with Crippen molar-refractivity contribution < 1.29 is 19.1 Å². The Balaban J connectivity index is 2.03. The summed E-state index contributed by atoms with van der Waals surface area (Å²) in [6.07, 6.45) is 2.08. The number of hydrogen-bond donors (Lipinski definition) is 0. The lowest BCUT2D eigenvalue weighted by molar-refractivity contribution is 0.0318. The molecule has 0 aliphatic rings. The molecule has 1 unspecified atom stereocenters. The number of esters is 1. The van der Waals surface area contributed by atoms with Crippen LogP contribution in [-0.2, 0) is 4.74 Å². The summed E-state index contributed by atoms with van der Waals surface area (Å²) in [4.78, 5) is 27.9. The number of pyridine rings is 1. The maximum Gasteiger partial charge on any atom is 0.340 e. The molecule has 0 saturated heterocycles. The summed E-state index contributed by atoms with van der Waals surface area (Å²) in [5.74, 6) is -0.182. The molecule has 5 nitrogen and oxygen atoms in total. The van der Waals surface area contributed by atoms with Crippen LogP contribution in [0.15, 0.2) is 48.8 Å². The van der Waals surface area contributed by atoms with Crippen molar-refractivity contribution in [2.45, 2.75) is 13.0 Å². The minimum Gasteiger partial charge on any atom is -0.497 e. The molecule has 0 N–H and O–H groups in total. The Labute approximate surface area is 122 Å². The second-order valence-electron chi connectivity index (χ2n) is 4.38. The molecule has 0 amide bonds. The maximum atomic E-state index is 12.2. The molecule has 0 bridgehead atoms. The third-order valence-electron chi connectivity index (χ3n) is 2.92. The topological polar surface area (TPSA) is 65.5 Å². The third kappa shape index (κ3) is 3.66. The van der Waals surface area contributed by atoms with E-state index in [1.807, 2.05) is 0 Å². The maximum absolute atomic E-state index is 12.2. The molecule has 2 aromatic rings. The number of rotatable bonds is 5. The number of aromatic nitrogens is 1. The highest BCUT2D eigenvalue weighted by atomic mass is 16.5. The van der Waals surface area contributed by atoms with E-state index in [9.17, 15) is 9.59 Å². The Kier molecular flexibility index (Phi) is 4.66. The molecule has 108 valence electrons. The molecule has 5 heteroatoms. The van der Waals surface area contributed by atoms with Gasteiger partial charge >= 0.3 is 5.97 Å². The minimum absolute atomic E-state index is 0.269. The molecule has 1 atom stereocenters. The van der Waals surface area contributed by atoms with Gasteiger partial charge in [0.05, 0.1) is 12.7 Å². The Morgan fingerprint density at radius 1 is 1.10 bits per heavy atom. The molecule has 2 rings (SSSR count). The van der Waals surface area contributed by atoms with Crippen molar-refractivity contribution in [1.82, 2.24) is 4.98 Å². The summed E-state index contributed by atoms with van der Waals surface area (Å²) in [5.41, 5.74) is 0.772. The molecule has 0 radical (unpaired) electrons. The fourth-order valence-electron chi connectivity index (χ4n) is 1.76. The second kappa shape index (κ2) is 6.65. The molecular weight excluding hydrogens is 270 g/mol. The van der Waals surface area contributed by atoms with Gasteiger partial charge in [-0.25, -0.2) is 4.79 Å². The second-order valence-corrected chi connectivity index (χ2v) is 4.38. The van der Waals surface area contributed by atoms with E-state index in [4.69, 9.17) is 9.47 Å². The third-order valence-corrected chi connectivity index (χ3v) is 2.92. The zero-order chi connectivity index (χ0) is 15.2. The number of ether oxygens (including phenoxy) is 2. The lowest BCUT2D eigenvalue weighted by Crippen LogP contribution is -2.24. The van der Waals surface area contributed by atoms with Crippen molar-refractivity contribution in [2.24, 2.45) is 0 Å². The number of carbonyl (C=O) groups is 2. The van der Waals surface area contributed by atoms with Crippen LogP contribution in [0.1, 0.15) is 27.6 Å². The number of carbonyl (C=O) groups excluding carboxylic acids is 2. The van der Waals surface area contributed by atoms with Gasteiger partial charge < -0.3 is 9.47 Å². The first kappa shape index (κ1) is 14.7. The van der Waals surface area contributed by atoms with Gasteiger partial charge in [0.25, 0.3) is 0 Å². The van der Waals surface area contributed by atoms with Crippen LogP contribution in [0.4, 0.5) is 0 Å². The van der Waals surface area contributed by atoms with E-state index < -0.39 is 12.1 Å². The van der Waals surface area contributed by atoms with Gasteiger partial charge in [-0.1, -0.05) is 0 Å². The number of Topliss-reactive ketones (excluding diaryl/α,β-unsaturated/α-hetero) is 1. The Morgan fingerprint density at radius 2 is 1.81 bits per heavy atom. The van der Waals surface area contributed by atoms with Crippen LogP contribution in [-0.4, -0.2) is 30.0 Å². The molecule has 21 heavy (non-hydrogen) atoms. The van der Waals surface area contributed by atoms with Crippen molar-refractivity contribution >= 4 is 11.8 Å². The van der Waals surface area contributed by atoms with Crippen molar-refractivity contribution in [3.05, 3.63) is 59.9 Å². The lowest BCUT2D eigenvalue weighted by atomic mass is 10.1. The van der Waals surface area contributed by atoms with Crippen molar-refractivity contribution in [1.29, 1.82) is 0 Å². The molecule has 0 aliphatic heterocycles. The standard InChI is InChI=1S/C16H15NO4/c1-11(21-16(19)13-4-3-9-17-10-13)15(18)12-5-7-14(20-2)8-6-12/h3-11H,1-2H3. The normalized spacial score (nSPS) is 11.5. The van der Waals surface area contributed by atoms with Gasteiger partial charge in [-0.15, -0.1) is 0 Å². The fourth-order valence-corrected chi connectivity index (χ4v) is 1.76. The Bertz CT molecular complexity index is 622. The molecule has 1 aromatic heterocycles. The van der Waals surface area contributed by atoms with Gasteiger partial charge in [-0.3, -0.25) is 9.78 Å². The van der Waals surface area contributed by atoms with E-state index in [1.54, 1.807) is 56.6 Å². The van der Waals surface area contributed by atoms with Gasteiger partial charge in [-0.2, -0.15) is 0 Å². The molecule has 1 heterocycles. The van der Waals surface area contributed by atoms with Gasteiger partial charge in [0.2, 0.25) is 5.78 Å². The average molecular weight is 285 g/mol. The summed E-state index contributed by atoms with van der Waals surface area (Å²) in [6, 6.07) is 9.85. The summed E-state index contributed by atoms with van der Waals surface area (Å²) >= 11 is 0. The van der Waals surface area contributed by atoms with Gasteiger partial charge in [0.1, 0.15) is 5.75 Å². The van der Waals surface area contributed by atoms with Crippen molar-refractivity contribution in [3.8, 4) is 5.75 Å². The smallest absolute Gasteiger partial charge is 0.340 e. The van der Waals surface area contributed by atoms with Gasteiger partial charge in [0, 0.05) is 18.0 Å². The summed E-state index contributed by atoms with van der Waals surface area (Å²) < 4.78 is 10.2. The highest BCUT2D eigenvalue weighted by molar-refractivity contribution is 6.01. The average Bonchev–Trinajstić information content (AvgIpc) is 2.55. The van der Waals surface area contributed by atoms with Crippen LogP contribution >= 0.6 is 0 Å². The summed E-state index contributed by atoms with van der Waals surface area (Å²) in [5, 5.41) is 0. The van der Waals surface area contributed by atoms with E-state index in [2.05, 4.69) is 4.98 Å². The predicted molar refractivity (Wildman–Crippen MR) is 76.4 cm³/mol. The first-order chi connectivity index (χ1) is 10.1. The van der Waals surface area contributed by atoms with Crippen LogP contribution in [0, 0.1) is 0 Å². The Morgan fingerprint density at radius 3 is 2.38 bits per heavy atom. The molecule has 0 spiro atoms. The number of hydrogen-bond acceptors (Lipinski definition) is 5. The SMILES string of the molecule is COc1ccc(C(=O)C(C)OC(=O)c2cccnc2)cc1. The molecular formula is C16H15NO4. The first-order valence-corrected chi connectivity index (χ1v) is 6.41. The molecule has 1 aromatic carbocycles. The number of benzene rings is 1. The van der Waals surface area contributed by atoms with Crippen LogP contribution in [0.2, 0.25) is 0 Å². The van der Waals surface area contributed by atoms with E-state index in [1.165, 1.54) is 6.20 Å².